The summed E-state index contributed by atoms with van der Waals surface area (Å²) >= 11 is 3.31. The first-order valence-corrected chi connectivity index (χ1v) is 13.4. The van der Waals surface area contributed by atoms with E-state index in [2.05, 4.69) is 35.0 Å². The lowest BCUT2D eigenvalue weighted by Gasteiger charge is -2.44. The van der Waals surface area contributed by atoms with Gasteiger partial charge in [0.1, 0.15) is 0 Å². The molecule has 2 unspecified atom stereocenters. The minimum absolute atomic E-state index is 0.0446. The van der Waals surface area contributed by atoms with Crippen LogP contribution in [0.2, 0.25) is 0 Å². The summed E-state index contributed by atoms with van der Waals surface area (Å²) in [6, 6.07) is 5.69. The van der Waals surface area contributed by atoms with E-state index in [0.717, 1.165) is 73.9 Å². The van der Waals surface area contributed by atoms with Crippen molar-refractivity contribution in [2.75, 3.05) is 19.6 Å². The molecule has 9 heteroatoms. The van der Waals surface area contributed by atoms with Crippen LogP contribution in [-0.2, 0) is 11.0 Å². The maximum Gasteiger partial charge on any atom is 0.416 e. The largest absolute Gasteiger partial charge is 0.416 e. The fraction of sp³-hybridized carbons (Fsp3) is 0.667. The lowest BCUT2D eigenvalue weighted by Crippen LogP contribution is -2.48. The zero-order valence-electron chi connectivity index (χ0n) is 19.4. The predicted octanol–water partition coefficient (Wildman–Crippen LogP) is 6.32. The summed E-state index contributed by atoms with van der Waals surface area (Å²) in [6.07, 6.45) is 0.708. The molecule has 0 spiro atoms. The first kappa shape index (κ1) is 24.9. The van der Waals surface area contributed by atoms with Gasteiger partial charge in [-0.05, 0) is 80.7 Å². The summed E-state index contributed by atoms with van der Waals surface area (Å²) in [5, 5.41) is 1.22. The summed E-state index contributed by atoms with van der Waals surface area (Å²) in [7, 11) is 0. The quantitative estimate of drug-likeness (QED) is 0.453. The van der Waals surface area contributed by atoms with Gasteiger partial charge in [-0.2, -0.15) is 18.2 Å². The number of fused-ring (bicyclic) bond motifs is 1. The number of halogens is 3. The van der Waals surface area contributed by atoms with Crippen LogP contribution in [0, 0.1) is 11.3 Å². The summed E-state index contributed by atoms with van der Waals surface area (Å²) < 4.78 is 40.6. The maximum absolute atomic E-state index is 12.9. The number of thioether (sulfide) groups is 1. The molecule has 0 bridgehead atoms. The Balaban J connectivity index is 1.34. The summed E-state index contributed by atoms with van der Waals surface area (Å²) in [5.74, 6) is 0.0958. The Bertz CT molecular complexity index is 880. The molecule has 33 heavy (non-hydrogen) atoms. The normalized spacial score (nSPS) is 26.6. The number of amides is 1. The topological polar surface area (TPSA) is 35.9 Å². The van der Waals surface area contributed by atoms with Crippen molar-refractivity contribution in [1.29, 1.82) is 0 Å². The van der Waals surface area contributed by atoms with Crippen LogP contribution in [0.15, 0.2) is 34.2 Å². The molecule has 1 aromatic carbocycles. The van der Waals surface area contributed by atoms with Crippen molar-refractivity contribution in [3.05, 3.63) is 29.8 Å². The van der Waals surface area contributed by atoms with E-state index in [9.17, 15) is 18.0 Å². The molecule has 1 amide bonds. The van der Waals surface area contributed by atoms with Crippen LogP contribution >= 0.6 is 23.7 Å². The highest BCUT2D eigenvalue weighted by Crippen LogP contribution is 2.46. The minimum Gasteiger partial charge on any atom is -0.348 e. The summed E-state index contributed by atoms with van der Waals surface area (Å²) in [5.41, 5.74) is -0.403. The Kier molecular flexibility index (Phi) is 7.41. The number of nitrogens with zero attached hydrogens (tertiary/aromatic N) is 3. The van der Waals surface area contributed by atoms with Gasteiger partial charge in [0.05, 0.1) is 11.5 Å². The fourth-order valence-electron chi connectivity index (χ4n) is 5.07. The van der Waals surface area contributed by atoms with Gasteiger partial charge in [0.2, 0.25) is 0 Å². The van der Waals surface area contributed by atoms with E-state index < -0.39 is 11.7 Å². The second kappa shape index (κ2) is 9.82. The molecule has 0 N–H and O–H groups in total. The van der Waals surface area contributed by atoms with Crippen LogP contribution < -0.4 is 0 Å². The van der Waals surface area contributed by atoms with Crippen LogP contribution in [0.3, 0.4) is 0 Å². The van der Waals surface area contributed by atoms with Gasteiger partial charge >= 0.3 is 6.18 Å². The molecule has 2 fully saturated rings. The number of hydrogen-bond acceptors (Lipinski definition) is 5. The number of aliphatic imine (C=N–C) groups is 1. The van der Waals surface area contributed by atoms with Crippen molar-refractivity contribution in [2.24, 2.45) is 16.3 Å². The number of hydrogen-bond donors (Lipinski definition) is 0. The second-order valence-electron chi connectivity index (χ2n) is 9.96. The molecular weight excluding hydrogens is 467 g/mol. The zero-order chi connectivity index (χ0) is 23.8. The Labute approximate surface area is 202 Å². The van der Waals surface area contributed by atoms with Crippen molar-refractivity contribution < 1.29 is 18.0 Å². The van der Waals surface area contributed by atoms with Gasteiger partial charge in [-0.15, -0.1) is 0 Å². The van der Waals surface area contributed by atoms with E-state index in [1.54, 1.807) is 23.9 Å². The Morgan fingerprint density at radius 2 is 1.85 bits per heavy atom. The maximum atomic E-state index is 12.9. The van der Waals surface area contributed by atoms with Crippen molar-refractivity contribution in [1.82, 2.24) is 9.21 Å². The number of carbonyl (C=O) groups is 1. The standard InChI is InChI=1S/C24H32F3N3OS2/c1-4-30(22-28-21(31)19-15-23(2,3)12-9-20(19)32-22)17-10-13-29(14-11-17)33-18-7-5-16(6-8-18)24(25,26)27/h5-8,17,19-20H,4,9-15H2,1-3H3. The highest BCUT2D eigenvalue weighted by Gasteiger charge is 2.43. The lowest BCUT2D eigenvalue weighted by atomic mass is 9.71. The molecule has 182 valence electrons. The number of benzene rings is 1. The van der Waals surface area contributed by atoms with E-state index in [4.69, 9.17) is 0 Å². The van der Waals surface area contributed by atoms with Crippen LogP contribution in [0.1, 0.15) is 58.4 Å². The third-order valence-corrected chi connectivity index (χ3v) is 9.48. The number of carbonyl (C=O) groups excluding carboxylic acids is 1. The van der Waals surface area contributed by atoms with E-state index in [-0.39, 0.29) is 17.2 Å². The summed E-state index contributed by atoms with van der Waals surface area (Å²) in [4.78, 5) is 20.5. The van der Waals surface area contributed by atoms with Crippen LogP contribution in [0.4, 0.5) is 13.2 Å². The smallest absolute Gasteiger partial charge is 0.348 e. The fourth-order valence-corrected chi connectivity index (χ4v) is 7.46. The molecule has 1 saturated heterocycles. The highest BCUT2D eigenvalue weighted by atomic mass is 32.2. The average molecular weight is 500 g/mol. The van der Waals surface area contributed by atoms with Gasteiger partial charge in [-0.3, -0.25) is 4.79 Å². The molecular formula is C24H32F3N3OS2. The number of rotatable bonds is 4. The number of amidine groups is 1. The lowest BCUT2D eigenvalue weighted by molar-refractivity contribution is -0.137. The predicted molar refractivity (Wildman–Crippen MR) is 129 cm³/mol. The highest BCUT2D eigenvalue weighted by molar-refractivity contribution is 8.14. The van der Waals surface area contributed by atoms with Gasteiger partial charge in [0.25, 0.3) is 5.91 Å². The van der Waals surface area contributed by atoms with E-state index in [0.29, 0.717) is 11.3 Å². The number of alkyl halides is 3. The number of piperidine rings is 1. The third kappa shape index (κ3) is 5.90. The molecule has 3 aliphatic rings. The van der Waals surface area contributed by atoms with Crippen molar-refractivity contribution >= 4 is 34.8 Å². The van der Waals surface area contributed by atoms with E-state index in [1.165, 1.54) is 11.9 Å². The molecule has 0 radical (unpaired) electrons. The van der Waals surface area contributed by atoms with E-state index >= 15 is 0 Å². The van der Waals surface area contributed by atoms with Crippen LogP contribution in [0.5, 0.6) is 0 Å². The Morgan fingerprint density at radius 1 is 1.18 bits per heavy atom. The summed E-state index contributed by atoms with van der Waals surface area (Å²) in [6.45, 7) is 9.12. The van der Waals surface area contributed by atoms with Gasteiger partial charge in [0.15, 0.2) is 5.17 Å². The van der Waals surface area contributed by atoms with Gasteiger partial charge in [0, 0.05) is 35.8 Å². The molecule has 2 heterocycles. The molecule has 1 aromatic rings. The van der Waals surface area contributed by atoms with Gasteiger partial charge in [-0.1, -0.05) is 25.6 Å². The van der Waals surface area contributed by atoms with Crippen molar-refractivity contribution in [2.45, 2.75) is 75.2 Å². The van der Waals surface area contributed by atoms with Crippen molar-refractivity contribution in [3.63, 3.8) is 0 Å². The molecule has 2 aliphatic heterocycles. The minimum atomic E-state index is -4.31. The molecule has 1 saturated carbocycles. The van der Waals surface area contributed by atoms with E-state index in [1.807, 2.05) is 0 Å². The Morgan fingerprint density at radius 3 is 2.45 bits per heavy atom. The molecule has 4 nitrogen and oxygen atoms in total. The van der Waals surface area contributed by atoms with Crippen LogP contribution in [0.25, 0.3) is 0 Å². The molecule has 1 aliphatic carbocycles. The monoisotopic (exact) mass is 499 g/mol. The SMILES string of the molecule is CCN(C1=NC(=O)C2CC(C)(C)CCC2S1)C1CCN(Sc2ccc(C(F)(F)F)cc2)CC1. The second-order valence-corrected chi connectivity index (χ2v) is 12.3. The van der Waals surface area contributed by atoms with Gasteiger partial charge < -0.3 is 4.90 Å². The van der Waals surface area contributed by atoms with Crippen molar-refractivity contribution in [3.8, 4) is 0 Å². The molecule has 0 aromatic heterocycles. The molecule has 4 rings (SSSR count). The average Bonchev–Trinajstić information content (AvgIpc) is 2.75. The Hall–Kier alpha value is -1.19. The molecule has 2 atom stereocenters. The van der Waals surface area contributed by atoms with Crippen LogP contribution in [-0.4, -0.2) is 51.2 Å². The van der Waals surface area contributed by atoms with Gasteiger partial charge in [-0.25, -0.2) is 4.31 Å². The third-order valence-electron chi connectivity index (χ3n) is 6.97. The first-order chi connectivity index (χ1) is 15.6. The first-order valence-electron chi connectivity index (χ1n) is 11.7. The zero-order valence-corrected chi connectivity index (χ0v) is 21.0.